The lowest BCUT2D eigenvalue weighted by atomic mass is 10.0. The van der Waals surface area contributed by atoms with Crippen LogP contribution in [-0.4, -0.2) is 20.3 Å². The first-order valence-electron chi connectivity index (χ1n) is 6.67. The van der Waals surface area contributed by atoms with Crippen LogP contribution in [0.3, 0.4) is 0 Å². The molecule has 0 radical (unpaired) electrons. The summed E-state index contributed by atoms with van der Waals surface area (Å²) >= 11 is 4.78. The maximum atomic E-state index is 12.2. The number of hydrogen-bond donors (Lipinski definition) is 1. The number of aryl methyl sites for hydroxylation is 1. The Labute approximate surface area is 129 Å². The van der Waals surface area contributed by atoms with Crippen molar-refractivity contribution in [1.82, 2.24) is 4.72 Å². The number of halogens is 1. The van der Waals surface area contributed by atoms with Crippen molar-refractivity contribution in [1.29, 1.82) is 0 Å². The van der Waals surface area contributed by atoms with Crippen molar-refractivity contribution in [3.05, 3.63) is 17.0 Å². The molecule has 0 aliphatic heterocycles. The monoisotopic (exact) mass is 367 g/mol. The van der Waals surface area contributed by atoms with Gasteiger partial charge in [0, 0.05) is 16.8 Å². The topological polar surface area (TPSA) is 46.2 Å². The van der Waals surface area contributed by atoms with Crippen LogP contribution in [0.5, 0.6) is 0 Å². The third-order valence-electron chi connectivity index (χ3n) is 3.03. The summed E-state index contributed by atoms with van der Waals surface area (Å²) in [7, 11) is -3.33. The van der Waals surface area contributed by atoms with E-state index in [1.807, 2.05) is 13.0 Å². The molecule has 1 atom stereocenters. The third-order valence-corrected chi connectivity index (χ3v) is 6.63. The Morgan fingerprint density at radius 3 is 2.58 bits per heavy atom. The van der Waals surface area contributed by atoms with Crippen LogP contribution in [0.1, 0.15) is 38.0 Å². The second-order valence-electron chi connectivity index (χ2n) is 4.56. The summed E-state index contributed by atoms with van der Waals surface area (Å²) in [6.07, 6.45) is 4.01. The average molecular weight is 368 g/mol. The largest absolute Gasteiger partial charge is 0.250 e. The average Bonchev–Trinajstić information content (AvgIpc) is 2.86. The van der Waals surface area contributed by atoms with Crippen molar-refractivity contribution in [2.24, 2.45) is 5.92 Å². The van der Waals surface area contributed by atoms with Crippen molar-refractivity contribution >= 4 is 37.3 Å². The lowest BCUT2D eigenvalue weighted by Crippen LogP contribution is -2.29. The van der Waals surface area contributed by atoms with Gasteiger partial charge in [-0.15, -0.1) is 11.3 Å². The minimum Gasteiger partial charge on any atom is -0.210 e. The van der Waals surface area contributed by atoms with Gasteiger partial charge >= 0.3 is 0 Å². The van der Waals surface area contributed by atoms with Gasteiger partial charge in [0.2, 0.25) is 10.0 Å². The molecular formula is C13H22BrNO2S2. The van der Waals surface area contributed by atoms with Crippen LogP contribution in [0.2, 0.25) is 0 Å². The highest BCUT2D eigenvalue weighted by atomic mass is 79.9. The number of nitrogens with one attached hydrogen (secondary N) is 1. The predicted molar refractivity (Wildman–Crippen MR) is 85.7 cm³/mol. The lowest BCUT2D eigenvalue weighted by Gasteiger charge is -2.15. The Hall–Kier alpha value is 0.0900. The molecule has 6 heteroatoms. The van der Waals surface area contributed by atoms with Gasteiger partial charge in [-0.1, -0.05) is 36.2 Å². The summed E-state index contributed by atoms with van der Waals surface area (Å²) in [5.41, 5.74) is 0. The van der Waals surface area contributed by atoms with Crippen molar-refractivity contribution in [3.63, 3.8) is 0 Å². The molecule has 0 aliphatic carbocycles. The van der Waals surface area contributed by atoms with Crippen LogP contribution in [0.25, 0.3) is 0 Å². The highest BCUT2D eigenvalue weighted by molar-refractivity contribution is 9.09. The Kier molecular flexibility index (Phi) is 7.57. The maximum absolute atomic E-state index is 12.2. The van der Waals surface area contributed by atoms with E-state index in [1.165, 1.54) is 11.3 Å². The number of sulfonamides is 1. The van der Waals surface area contributed by atoms with Crippen LogP contribution in [0.15, 0.2) is 16.3 Å². The van der Waals surface area contributed by atoms with Crippen LogP contribution in [0.4, 0.5) is 0 Å². The van der Waals surface area contributed by atoms with E-state index in [9.17, 15) is 8.42 Å². The van der Waals surface area contributed by atoms with Crippen molar-refractivity contribution in [3.8, 4) is 0 Å². The second kappa shape index (κ2) is 8.39. The Balaban J connectivity index is 2.63. The molecule has 0 saturated heterocycles. The van der Waals surface area contributed by atoms with E-state index >= 15 is 0 Å². The number of hydrogen-bond acceptors (Lipinski definition) is 3. The molecule has 0 fully saturated rings. The van der Waals surface area contributed by atoms with Crippen LogP contribution >= 0.6 is 27.3 Å². The zero-order chi connectivity index (χ0) is 14.3. The molecule has 0 saturated carbocycles. The van der Waals surface area contributed by atoms with E-state index in [2.05, 4.69) is 27.6 Å². The smallest absolute Gasteiger partial charge is 0.210 e. The third kappa shape index (κ3) is 5.53. The summed E-state index contributed by atoms with van der Waals surface area (Å²) < 4.78 is 27.5. The van der Waals surface area contributed by atoms with E-state index in [-0.39, 0.29) is 0 Å². The van der Waals surface area contributed by atoms with Gasteiger partial charge in [-0.25, -0.2) is 13.1 Å². The first-order valence-corrected chi connectivity index (χ1v) is 10.1. The Bertz CT molecular complexity index is 465. The summed E-state index contributed by atoms with van der Waals surface area (Å²) in [6.45, 7) is 4.69. The molecule has 0 amide bonds. The molecule has 1 aromatic rings. The molecule has 110 valence electrons. The normalized spacial score (nSPS) is 13.6. The second-order valence-corrected chi connectivity index (χ2v) is 8.51. The summed E-state index contributed by atoms with van der Waals surface area (Å²) in [5.74, 6) is 0.407. The quantitative estimate of drug-likeness (QED) is 0.674. The first-order chi connectivity index (χ1) is 9.03. The predicted octanol–water partition coefficient (Wildman–Crippen LogP) is 3.79. The molecule has 19 heavy (non-hydrogen) atoms. The highest BCUT2D eigenvalue weighted by Crippen LogP contribution is 2.22. The molecule has 0 aliphatic rings. The van der Waals surface area contributed by atoms with Gasteiger partial charge < -0.3 is 0 Å². The standard InChI is InChI=1S/C13H22BrNO2S2/c1-3-5-11(8-9-14)10-15-19(16,17)13-7-6-12(4-2)18-13/h6-7,11,15H,3-5,8-10H2,1-2H3. The SMILES string of the molecule is CCCC(CCBr)CNS(=O)(=O)c1ccc(CC)s1. The van der Waals surface area contributed by atoms with Crippen molar-refractivity contribution in [2.75, 3.05) is 11.9 Å². The minimum absolute atomic E-state index is 0.407. The van der Waals surface area contributed by atoms with E-state index in [1.54, 1.807) is 6.07 Å². The Morgan fingerprint density at radius 2 is 2.05 bits per heavy atom. The van der Waals surface area contributed by atoms with Crippen LogP contribution < -0.4 is 4.72 Å². The van der Waals surface area contributed by atoms with E-state index in [0.717, 1.165) is 35.9 Å². The molecule has 1 aromatic heterocycles. The van der Waals surface area contributed by atoms with E-state index < -0.39 is 10.0 Å². The van der Waals surface area contributed by atoms with Gasteiger partial charge in [-0.2, -0.15) is 0 Å². The number of rotatable bonds is 9. The van der Waals surface area contributed by atoms with Crippen molar-refractivity contribution in [2.45, 2.75) is 43.7 Å². The zero-order valence-electron chi connectivity index (χ0n) is 11.5. The molecule has 1 N–H and O–H groups in total. The van der Waals surface area contributed by atoms with Crippen LogP contribution in [0, 0.1) is 5.92 Å². The van der Waals surface area contributed by atoms with E-state index in [0.29, 0.717) is 16.7 Å². The fourth-order valence-corrected chi connectivity index (χ4v) is 5.01. The molecule has 3 nitrogen and oxygen atoms in total. The summed E-state index contributed by atoms with van der Waals surface area (Å²) in [4.78, 5) is 1.10. The fraction of sp³-hybridized carbons (Fsp3) is 0.692. The van der Waals surface area contributed by atoms with Crippen molar-refractivity contribution < 1.29 is 8.42 Å². The fourth-order valence-electron chi connectivity index (χ4n) is 1.90. The van der Waals surface area contributed by atoms with Crippen LogP contribution in [-0.2, 0) is 16.4 Å². The van der Waals surface area contributed by atoms with Gasteiger partial charge in [0.05, 0.1) is 0 Å². The summed E-state index contributed by atoms with van der Waals surface area (Å²) in [6, 6.07) is 3.59. The lowest BCUT2D eigenvalue weighted by molar-refractivity contribution is 0.459. The highest BCUT2D eigenvalue weighted by Gasteiger charge is 2.18. The van der Waals surface area contributed by atoms with E-state index in [4.69, 9.17) is 0 Å². The number of alkyl halides is 1. The zero-order valence-corrected chi connectivity index (χ0v) is 14.7. The molecule has 0 bridgehead atoms. The molecule has 1 rings (SSSR count). The molecular weight excluding hydrogens is 346 g/mol. The molecule has 1 unspecified atom stereocenters. The maximum Gasteiger partial charge on any atom is 0.250 e. The van der Waals surface area contributed by atoms with Gasteiger partial charge in [0.25, 0.3) is 0 Å². The number of thiophene rings is 1. The van der Waals surface area contributed by atoms with Gasteiger partial charge in [-0.3, -0.25) is 0 Å². The van der Waals surface area contributed by atoms with Gasteiger partial charge in [0.1, 0.15) is 4.21 Å². The van der Waals surface area contributed by atoms with Gasteiger partial charge in [-0.05, 0) is 37.3 Å². The molecule has 0 aromatic carbocycles. The Morgan fingerprint density at radius 1 is 1.32 bits per heavy atom. The summed E-state index contributed by atoms with van der Waals surface area (Å²) in [5, 5.41) is 0.915. The molecule has 0 spiro atoms. The minimum atomic E-state index is -3.33. The van der Waals surface area contributed by atoms with Gasteiger partial charge in [0.15, 0.2) is 0 Å². The molecule has 1 heterocycles. The first kappa shape index (κ1) is 17.1.